The molecule has 0 aliphatic rings. The van der Waals surface area contributed by atoms with E-state index in [1.165, 1.54) is 22.7 Å². The van der Waals surface area contributed by atoms with Crippen molar-refractivity contribution in [1.29, 1.82) is 0 Å². The molecule has 3 aromatic rings. The fraction of sp³-hybridized carbons (Fsp3) is 0.133. The number of halogens is 2. The SMILES string of the molecule is OC(Cc1nc(-c2ccccc2)cs1)c1cc(Cl)sc1Cl. The van der Waals surface area contributed by atoms with Crippen molar-refractivity contribution in [2.75, 3.05) is 0 Å². The fourth-order valence-corrected chi connectivity index (χ4v) is 4.41. The summed E-state index contributed by atoms with van der Waals surface area (Å²) in [4.78, 5) is 4.57. The van der Waals surface area contributed by atoms with Gasteiger partial charge < -0.3 is 5.11 Å². The molecule has 0 amide bonds. The van der Waals surface area contributed by atoms with Gasteiger partial charge in [0.25, 0.3) is 0 Å². The highest BCUT2D eigenvalue weighted by molar-refractivity contribution is 7.20. The molecule has 1 aromatic carbocycles. The fourth-order valence-electron chi connectivity index (χ4n) is 2.00. The van der Waals surface area contributed by atoms with Gasteiger partial charge in [0.05, 0.1) is 21.1 Å². The largest absolute Gasteiger partial charge is 0.388 e. The first-order valence-corrected chi connectivity index (χ1v) is 8.71. The zero-order valence-electron chi connectivity index (χ0n) is 10.8. The van der Waals surface area contributed by atoms with Crippen LogP contribution >= 0.6 is 45.9 Å². The van der Waals surface area contributed by atoms with E-state index in [1.807, 2.05) is 35.7 Å². The molecule has 2 heterocycles. The molecule has 2 nitrogen and oxygen atoms in total. The number of nitrogens with zero attached hydrogens (tertiary/aromatic N) is 1. The van der Waals surface area contributed by atoms with Gasteiger partial charge >= 0.3 is 0 Å². The average molecular weight is 356 g/mol. The first kappa shape index (κ1) is 15.0. The summed E-state index contributed by atoms with van der Waals surface area (Å²) in [6.07, 6.45) is -0.249. The predicted octanol–water partition coefficient (Wildman–Crippen LogP) is 5.45. The van der Waals surface area contributed by atoms with Crippen molar-refractivity contribution in [2.45, 2.75) is 12.5 Å². The molecule has 0 aliphatic heterocycles. The van der Waals surface area contributed by atoms with Crippen LogP contribution in [-0.4, -0.2) is 10.1 Å². The van der Waals surface area contributed by atoms with Gasteiger partial charge in [0.1, 0.15) is 4.34 Å². The van der Waals surface area contributed by atoms with E-state index in [4.69, 9.17) is 23.2 Å². The molecule has 1 unspecified atom stereocenters. The maximum absolute atomic E-state index is 10.3. The second-order valence-electron chi connectivity index (χ2n) is 4.49. The summed E-state index contributed by atoms with van der Waals surface area (Å²) < 4.78 is 1.12. The first-order valence-electron chi connectivity index (χ1n) is 6.26. The summed E-state index contributed by atoms with van der Waals surface area (Å²) in [5.74, 6) is 0. The minimum atomic E-state index is -0.684. The molecule has 1 atom stereocenters. The molecular weight excluding hydrogens is 345 g/mol. The molecule has 0 aliphatic carbocycles. The summed E-state index contributed by atoms with van der Waals surface area (Å²) in [5, 5.41) is 13.2. The van der Waals surface area contributed by atoms with Gasteiger partial charge in [-0.15, -0.1) is 22.7 Å². The van der Waals surface area contributed by atoms with E-state index in [1.54, 1.807) is 6.07 Å². The number of aromatic nitrogens is 1. The van der Waals surface area contributed by atoms with E-state index in [2.05, 4.69) is 4.98 Å². The Morgan fingerprint density at radius 2 is 1.95 bits per heavy atom. The van der Waals surface area contributed by atoms with E-state index in [0.29, 0.717) is 20.7 Å². The molecule has 108 valence electrons. The molecule has 0 saturated carbocycles. The first-order chi connectivity index (χ1) is 10.1. The molecule has 0 spiro atoms. The van der Waals surface area contributed by atoms with Crippen LogP contribution in [-0.2, 0) is 6.42 Å². The van der Waals surface area contributed by atoms with Crippen LogP contribution in [0.1, 0.15) is 16.7 Å². The lowest BCUT2D eigenvalue weighted by Gasteiger charge is -2.07. The van der Waals surface area contributed by atoms with Crippen molar-refractivity contribution in [3.8, 4) is 11.3 Å². The standard InChI is InChI=1S/C15H11Cl2NOS2/c16-13-6-10(15(17)21-13)12(19)7-14-18-11(8-20-14)9-4-2-1-3-5-9/h1-6,8,12,19H,7H2. The minimum Gasteiger partial charge on any atom is -0.388 e. The lowest BCUT2D eigenvalue weighted by Crippen LogP contribution is -2.00. The number of hydrogen-bond acceptors (Lipinski definition) is 4. The Labute approximate surface area is 140 Å². The van der Waals surface area contributed by atoms with Crippen molar-refractivity contribution < 1.29 is 5.11 Å². The van der Waals surface area contributed by atoms with Gasteiger partial charge in [0, 0.05) is 22.9 Å². The van der Waals surface area contributed by atoms with Gasteiger partial charge in [-0.1, -0.05) is 53.5 Å². The topological polar surface area (TPSA) is 33.1 Å². The second kappa shape index (κ2) is 6.46. The van der Waals surface area contributed by atoms with Crippen LogP contribution in [0.4, 0.5) is 0 Å². The number of thiophene rings is 1. The van der Waals surface area contributed by atoms with Gasteiger partial charge in [-0.2, -0.15) is 0 Å². The quantitative estimate of drug-likeness (QED) is 0.674. The van der Waals surface area contributed by atoms with Crippen molar-refractivity contribution in [1.82, 2.24) is 4.98 Å². The third-order valence-corrected chi connectivity index (χ3v) is 5.42. The van der Waals surface area contributed by atoms with E-state index in [-0.39, 0.29) is 0 Å². The van der Waals surface area contributed by atoms with Crippen LogP contribution in [0.25, 0.3) is 11.3 Å². The van der Waals surface area contributed by atoms with Crippen LogP contribution in [0.15, 0.2) is 41.8 Å². The van der Waals surface area contributed by atoms with Crippen molar-refractivity contribution in [3.05, 3.63) is 61.0 Å². The Hall–Kier alpha value is -0.910. The summed E-state index contributed by atoms with van der Waals surface area (Å²) in [6, 6.07) is 11.7. The average Bonchev–Trinajstić information content (AvgIpc) is 3.06. The Kier molecular flexibility index (Phi) is 4.62. The molecule has 6 heteroatoms. The zero-order valence-corrected chi connectivity index (χ0v) is 13.9. The summed E-state index contributed by atoms with van der Waals surface area (Å²) in [6.45, 7) is 0. The van der Waals surface area contributed by atoms with Gasteiger partial charge in [0.15, 0.2) is 0 Å². The molecule has 0 radical (unpaired) electrons. The molecular formula is C15H11Cl2NOS2. The van der Waals surface area contributed by atoms with E-state index in [9.17, 15) is 5.11 Å². The van der Waals surface area contributed by atoms with Crippen LogP contribution < -0.4 is 0 Å². The number of hydrogen-bond donors (Lipinski definition) is 1. The normalized spacial score (nSPS) is 12.5. The number of rotatable bonds is 4. The lowest BCUT2D eigenvalue weighted by atomic mass is 10.1. The maximum atomic E-state index is 10.3. The van der Waals surface area contributed by atoms with Crippen LogP contribution in [0, 0.1) is 0 Å². The molecule has 1 N–H and O–H groups in total. The maximum Gasteiger partial charge on any atom is 0.100 e. The number of aliphatic hydroxyl groups is 1. The molecule has 21 heavy (non-hydrogen) atoms. The highest BCUT2D eigenvalue weighted by Crippen LogP contribution is 2.36. The van der Waals surface area contributed by atoms with Gasteiger partial charge in [-0.3, -0.25) is 0 Å². The Balaban J connectivity index is 1.77. The summed E-state index contributed by atoms with van der Waals surface area (Å²) in [5.41, 5.74) is 2.67. The van der Waals surface area contributed by atoms with Crippen molar-refractivity contribution >= 4 is 45.9 Å². The Morgan fingerprint density at radius 3 is 2.62 bits per heavy atom. The molecule has 0 saturated heterocycles. The van der Waals surface area contributed by atoms with E-state index < -0.39 is 6.10 Å². The monoisotopic (exact) mass is 355 g/mol. The minimum absolute atomic E-state index is 0.435. The lowest BCUT2D eigenvalue weighted by molar-refractivity contribution is 0.179. The highest BCUT2D eigenvalue weighted by atomic mass is 35.5. The number of benzene rings is 1. The molecule has 0 bridgehead atoms. The predicted molar refractivity (Wildman–Crippen MR) is 90.6 cm³/mol. The number of aliphatic hydroxyl groups excluding tert-OH is 1. The third kappa shape index (κ3) is 3.47. The summed E-state index contributed by atoms with van der Waals surface area (Å²) in [7, 11) is 0. The smallest absolute Gasteiger partial charge is 0.100 e. The van der Waals surface area contributed by atoms with Gasteiger partial charge in [0.2, 0.25) is 0 Å². The van der Waals surface area contributed by atoms with E-state index >= 15 is 0 Å². The number of thiazole rings is 1. The van der Waals surface area contributed by atoms with Gasteiger partial charge in [-0.05, 0) is 6.07 Å². The van der Waals surface area contributed by atoms with Crippen LogP contribution in [0.5, 0.6) is 0 Å². The van der Waals surface area contributed by atoms with Gasteiger partial charge in [-0.25, -0.2) is 4.98 Å². The molecule has 3 rings (SSSR count). The second-order valence-corrected chi connectivity index (χ2v) is 7.72. The molecule has 2 aromatic heterocycles. The molecule has 0 fully saturated rings. The van der Waals surface area contributed by atoms with Crippen molar-refractivity contribution in [3.63, 3.8) is 0 Å². The van der Waals surface area contributed by atoms with E-state index in [0.717, 1.165) is 16.3 Å². The highest BCUT2D eigenvalue weighted by Gasteiger charge is 2.17. The third-order valence-electron chi connectivity index (χ3n) is 3.03. The van der Waals surface area contributed by atoms with Crippen LogP contribution in [0.2, 0.25) is 8.67 Å². The van der Waals surface area contributed by atoms with Crippen molar-refractivity contribution in [2.24, 2.45) is 0 Å². The Bertz CT molecular complexity index is 739. The van der Waals surface area contributed by atoms with Crippen LogP contribution in [0.3, 0.4) is 0 Å². The zero-order chi connectivity index (χ0) is 14.8. The Morgan fingerprint density at radius 1 is 1.19 bits per heavy atom. The summed E-state index contributed by atoms with van der Waals surface area (Å²) >= 11 is 14.8.